The summed E-state index contributed by atoms with van der Waals surface area (Å²) >= 11 is 0. The Labute approximate surface area is 178 Å². The first kappa shape index (κ1) is 19.6. The van der Waals surface area contributed by atoms with Crippen LogP contribution in [0.25, 0.3) is 0 Å². The summed E-state index contributed by atoms with van der Waals surface area (Å²) in [7, 11) is -4.12. The van der Waals surface area contributed by atoms with Crippen LogP contribution in [0.5, 0.6) is 11.5 Å². The molecule has 2 aromatic carbocycles. The number of aromatic nitrogens is 2. The van der Waals surface area contributed by atoms with Crippen LogP contribution in [0.4, 0.5) is 5.69 Å². The highest BCUT2D eigenvalue weighted by atomic mass is 32.2. The molecule has 0 aliphatic carbocycles. The predicted molar refractivity (Wildman–Crippen MR) is 109 cm³/mol. The molecule has 0 saturated heterocycles. The second kappa shape index (κ2) is 7.69. The molecule has 1 atom stereocenters. The zero-order valence-corrected chi connectivity index (χ0v) is 17.2. The summed E-state index contributed by atoms with van der Waals surface area (Å²) in [5.41, 5.74) is 1.76. The molecule has 0 N–H and O–H groups in total. The largest absolute Gasteiger partial charge is 0.485 e. The quantitative estimate of drug-likeness (QED) is 0.606. The standard InChI is InChI=1S/C21H19N3O6S/c25-19(24-11-5-7-14-6-1-2-8-15(14)24)13-31(26,27)21-23-22-20(30-21)18-12-28-16-9-3-4-10-17(16)29-18/h1-4,6,8-10,18H,5,7,11-13H2. The van der Waals surface area contributed by atoms with Crippen LogP contribution in [0.2, 0.25) is 0 Å². The number of para-hydroxylation sites is 3. The summed E-state index contributed by atoms with van der Waals surface area (Å²) in [6, 6.07) is 14.6. The highest BCUT2D eigenvalue weighted by Crippen LogP contribution is 2.35. The summed E-state index contributed by atoms with van der Waals surface area (Å²) in [6.45, 7) is 0.565. The van der Waals surface area contributed by atoms with Crippen LogP contribution in [0, 0.1) is 0 Å². The number of anilines is 1. The third-order valence-electron chi connectivity index (χ3n) is 5.20. The van der Waals surface area contributed by atoms with Crippen molar-refractivity contribution in [3.63, 3.8) is 0 Å². The van der Waals surface area contributed by atoms with E-state index in [1.165, 1.54) is 4.90 Å². The molecule has 9 nitrogen and oxygen atoms in total. The normalized spacial score (nSPS) is 17.8. The van der Waals surface area contributed by atoms with Crippen molar-refractivity contribution in [3.05, 3.63) is 60.0 Å². The van der Waals surface area contributed by atoms with Gasteiger partial charge in [0.2, 0.25) is 21.8 Å². The fraction of sp³-hybridized carbons (Fsp3) is 0.286. The van der Waals surface area contributed by atoms with Crippen molar-refractivity contribution < 1.29 is 27.1 Å². The molecule has 160 valence electrons. The van der Waals surface area contributed by atoms with Crippen molar-refractivity contribution in [2.75, 3.05) is 23.8 Å². The first-order valence-electron chi connectivity index (χ1n) is 9.84. The van der Waals surface area contributed by atoms with Gasteiger partial charge >= 0.3 is 5.22 Å². The van der Waals surface area contributed by atoms with Gasteiger partial charge in [-0.2, -0.15) is 0 Å². The number of rotatable bonds is 4. The third kappa shape index (κ3) is 3.74. The highest BCUT2D eigenvalue weighted by molar-refractivity contribution is 7.91. The third-order valence-corrected chi connectivity index (χ3v) is 6.52. The Morgan fingerprint density at radius 3 is 2.71 bits per heavy atom. The number of fused-ring (bicyclic) bond motifs is 2. The summed E-state index contributed by atoms with van der Waals surface area (Å²) in [5, 5.41) is 6.85. The Hall–Kier alpha value is -3.40. The van der Waals surface area contributed by atoms with Crippen molar-refractivity contribution in [3.8, 4) is 11.5 Å². The van der Waals surface area contributed by atoms with Crippen LogP contribution in [0.3, 0.4) is 0 Å². The summed E-state index contributed by atoms with van der Waals surface area (Å²) in [4.78, 5) is 14.3. The van der Waals surface area contributed by atoms with E-state index in [2.05, 4.69) is 10.2 Å². The number of sulfone groups is 1. The van der Waals surface area contributed by atoms with Crippen molar-refractivity contribution in [2.45, 2.75) is 24.2 Å². The van der Waals surface area contributed by atoms with E-state index in [9.17, 15) is 13.2 Å². The lowest BCUT2D eigenvalue weighted by Gasteiger charge is -2.29. The van der Waals surface area contributed by atoms with Gasteiger partial charge in [0.1, 0.15) is 12.4 Å². The second-order valence-corrected chi connectivity index (χ2v) is 9.17. The molecule has 1 aromatic heterocycles. The zero-order chi connectivity index (χ0) is 21.4. The number of nitrogens with zero attached hydrogens (tertiary/aromatic N) is 3. The van der Waals surface area contributed by atoms with Crippen LogP contribution < -0.4 is 14.4 Å². The molecule has 5 rings (SSSR count). The smallest absolute Gasteiger partial charge is 0.336 e. The molecule has 31 heavy (non-hydrogen) atoms. The number of benzene rings is 2. The first-order chi connectivity index (χ1) is 15.0. The predicted octanol–water partition coefficient (Wildman–Crippen LogP) is 2.34. The minimum atomic E-state index is -4.12. The minimum absolute atomic E-state index is 0.0242. The van der Waals surface area contributed by atoms with E-state index in [-0.39, 0.29) is 12.5 Å². The maximum absolute atomic E-state index is 12.8. The molecule has 10 heteroatoms. The number of carbonyl (C=O) groups excluding carboxylic acids is 1. The van der Waals surface area contributed by atoms with Crippen LogP contribution in [0.1, 0.15) is 24.0 Å². The van der Waals surface area contributed by atoms with E-state index >= 15 is 0 Å². The van der Waals surface area contributed by atoms with Gasteiger partial charge in [-0.25, -0.2) is 8.42 Å². The lowest BCUT2D eigenvalue weighted by molar-refractivity contribution is -0.116. The Bertz CT molecular complexity index is 1240. The molecule has 0 fully saturated rings. The van der Waals surface area contributed by atoms with Gasteiger partial charge in [-0.3, -0.25) is 4.79 Å². The van der Waals surface area contributed by atoms with E-state index in [0.29, 0.717) is 18.0 Å². The summed E-state index contributed by atoms with van der Waals surface area (Å²) in [6.07, 6.45) is 0.886. The molecular formula is C21H19N3O6S. The average Bonchev–Trinajstić information content (AvgIpc) is 3.29. The Kier molecular flexibility index (Phi) is 4.85. The van der Waals surface area contributed by atoms with Crippen LogP contribution in [0.15, 0.2) is 58.2 Å². The van der Waals surface area contributed by atoms with E-state index in [4.69, 9.17) is 13.9 Å². The Morgan fingerprint density at radius 1 is 1.06 bits per heavy atom. The highest BCUT2D eigenvalue weighted by Gasteiger charge is 2.33. The molecular weight excluding hydrogens is 422 g/mol. The Balaban J connectivity index is 1.32. The van der Waals surface area contributed by atoms with Gasteiger partial charge < -0.3 is 18.8 Å². The van der Waals surface area contributed by atoms with Gasteiger partial charge in [0.05, 0.1) is 0 Å². The van der Waals surface area contributed by atoms with Crippen molar-refractivity contribution in [2.24, 2.45) is 0 Å². The topological polar surface area (TPSA) is 112 Å². The summed E-state index contributed by atoms with van der Waals surface area (Å²) < 4.78 is 42.3. The Morgan fingerprint density at radius 2 is 1.84 bits per heavy atom. The number of hydrogen-bond donors (Lipinski definition) is 0. The maximum atomic E-state index is 12.8. The molecule has 3 heterocycles. The summed E-state index contributed by atoms with van der Waals surface area (Å²) in [5.74, 6) is -0.228. The van der Waals surface area contributed by atoms with Crippen LogP contribution in [-0.2, 0) is 21.1 Å². The molecule has 2 aliphatic rings. The number of ether oxygens (including phenoxy) is 2. The zero-order valence-electron chi connectivity index (χ0n) is 16.4. The maximum Gasteiger partial charge on any atom is 0.336 e. The van der Waals surface area contributed by atoms with Crippen molar-refractivity contribution in [1.82, 2.24) is 10.2 Å². The molecule has 0 spiro atoms. The van der Waals surface area contributed by atoms with Gasteiger partial charge in [-0.15, -0.1) is 5.10 Å². The monoisotopic (exact) mass is 441 g/mol. The number of amides is 1. The van der Waals surface area contributed by atoms with E-state index in [1.54, 1.807) is 18.2 Å². The van der Waals surface area contributed by atoms with E-state index in [1.807, 2.05) is 30.3 Å². The van der Waals surface area contributed by atoms with Crippen LogP contribution >= 0.6 is 0 Å². The second-order valence-electron chi connectivity index (χ2n) is 7.31. The number of carbonyl (C=O) groups is 1. The van der Waals surface area contributed by atoms with Crippen LogP contribution in [-0.4, -0.2) is 43.4 Å². The van der Waals surface area contributed by atoms with Gasteiger partial charge in [0.15, 0.2) is 11.5 Å². The minimum Gasteiger partial charge on any atom is -0.485 e. The molecule has 0 saturated carbocycles. The molecule has 3 aromatic rings. The SMILES string of the molecule is O=C(CS(=O)(=O)c1nnc(C2COc3ccccc3O2)o1)N1CCCc2ccccc21. The van der Waals surface area contributed by atoms with Gasteiger partial charge in [0, 0.05) is 12.2 Å². The van der Waals surface area contributed by atoms with Gasteiger partial charge in [-0.05, 0) is 36.6 Å². The lowest BCUT2D eigenvalue weighted by atomic mass is 10.0. The van der Waals surface area contributed by atoms with E-state index in [0.717, 1.165) is 24.1 Å². The number of hydrogen-bond acceptors (Lipinski definition) is 8. The van der Waals surface area contributed by atoms with E-state index < -0.39 is 32.8 Å². The van der Waals surface area contributed by atoms with Crippen molar-refractivity contribution >= 4 is 21.4 Å². The molecule has 0 bridgehead atoms. The van der Waals surface area contributed by atoms with Gasteiger partial charge in [-0.1, -0.05) is 35.4 Å². The molecule has 1 unspecified atom stereocenters. The molecule has 2 aliphatic heterocycles. The molecule has 1 amide bonds. The molecule has 0 radical (unpaired) electrons. The fourth-order valence-corrected chi connectivity index (χ4v) is 4.69. The first-order valence-corrected chi connectivity index (χ1v) is 11.5. The number of aryl methyl sites for hydroxylation is 1. The average molecular weight is 441 g/mol. The van der Waals surface area contributed by atoms with Crippen molar-refractivity contribution in [1.29, 1.82) is 0 Å². The van der Waals surface area contributed by atoms with Gasteiger partial charge in [0.25, 0.3) is 5.89 Å². The fourth-order valence-electron chi connectivity index (χ4n) is 3.71. The lowest BCUT2D eigenvalue weighted by Crippen LogP contribution is -2.39.